The van der Waals surface area contributed by atoms with E-state index in [4.69, 9.17) is 10.7 Å². The molecule has 0 fully saturated rings. The Balaban J connectivity index is 3.08. The Morgan fingerprint density at radius 1 is 1.29 bits per heavy atom. The molecule has 1 aromatic carbocycles. The molecule has 78 valence electrons. The van der Waals surface area contributed by atoms with Crippen molar-refractivity contribution in [3.05, 3.63) is 35.4 Å². The van der Waals surface area contributed by atoms with Gasteiger partial charge in [-0.1, -0.05) is 38.1 Å². The molecular weight excluding hydrogens is 220 g/mol. The molecule has 0 atom stereocenters. The van der Waals surface area contributed by atoms with E-state index in [2.05, 4.69) is 0 Å². The minimum atomic E-state index is -3.46. The fourth-order valence-corrected chi connectivity index (χ4v) is 2.40. The molecule has 0 aliphatic heterocycles. The summed E-state index contributed by atoms with van der Waals surface area (Å²) >= 11 is 0. The predicted molar refractivity (Wildman–Crippen MR) is 59.0 cm³/mol. The standard InChI is InChI=1S/C10H13ClO2S/c1-8(2)10-6-4-3-5-9(10)7-14(11,12)13/h3-6,8H,7H2,1-2H3. The molecule has 1 rings (SSSR count). The van der Waals surface area contributed by atoms with Crippen LogP contribution in [0.25, 0.3) is 0 Å². The first-order valence-corrected chi connectivity index (χ1v) is 6.88. The van der Waals surface area contributed by atoms with E-state index in [0.717, 1.165) is 11.1 Å². The number of hydrogen-bond acceptors (Lipinski definition) is 2. The molecular formula is C10H13ClO2S. The zero-order chi connectivity index (χ0) is 10.8. The van der Waals surface area contributed by atoms with Gasteiger partial charge in [0, 0.05) is 10.7 Å². The molecule has 0 bridgehead atoms. The predicted octanol–water partition coefficient (Wildman–Crippen LogP) is 2.88. The van der Waals surface area contributed by atoms with Crippen LogP contribution in [-0.2, 0) is 14.8 Å². The van der Waals surface area contributed by atoms with Gasteiger partial charge >= 0.3 is 0 Å². The molecule has 0 heterocycles. The van der Waals surface area contributed by atoms with E-state index < -0.39 is 9.05 Å². The fourth-order valence-electron chi connectivity index (χ4n) is 1.41. The van der Waals surface area contributed by atoms with Gasteiger partial charge in [-0.25, -0.2) is 8.42 Å². The molecule has 0 radical (unpaired) electrons. The number of rotatable bonds is 3. The molecule has 0 saturated heterocycles. The van der Waals surface area contributed by atoms with Crippen molar-refractivity contribution in [3.63, 3.8) is 0 Å². The Morgan fingerprint density at radius 2 is 1.86 bits per heavy atom. The highest BCUT2D eigenvalue weighted by molar-refractivity contribution is 8.13. The minimum Gasteiger partial charge on any atom is -0.212 e. The van der Waals surface area contributed by atoms with Gasteiger partial charge in [0.2, 0.25) is 9.05 Å². The van der Waals surface area contributed by atoms with Gasteiger partial charge in [-0.2, -0.15) is 0 Å². The third kappa shape index (κ3) is 3.31. The average molecular weight is 233 g/mol. The quantitative estimate of drug-likeness (QED) is 0.751. The summed E-state index contributed by atoms with van der Waals surface area (Å²) in [5.74, 6) is 0.215. The van der Waals surface area contributed by atoms with Crippen LogP contribution in [0.5, 0.6) is 0 Å². The molecule has 4 heteroatoms. The Hall–Kier alpha value is -0.540. The van der Waals surface area contributed by atoms with Crippen molar-refractivity contribution in [1.29, 1.82) is 0 Å². The lowest BCUT2D eigenvalue weighted by atomic mass is 9.98. The highest BCUT2D eigenvalue weighted by Crippen LogP contribution is 2.21. The Bertz CT molecular complexity index is 410. The molecule has 0 amide bonds. The maximum atomic E-state index is 10.9. The van der Waals surface area contributed by atoms with Gasteiger partial charge in [-0.05, 0) is 17.0 Å². The van der Waals surface area contributed by atoms with Crippen LogP contribution in [0.1, 0.15) is 30.9 Å². The summed E-state index contributed by atoms with van der Waals surface area (Å²) < 4.78 is 21.9. The maximum Gasteiger partial charge on any atom is 0.236 e. The lowest BCUT2D eigenvalue weighted by molar-refractivity contribution is 0.608. The van der Waals surface area contributed by atoms with Crippen LogP contribution in [0.3, 0.4) is 0 Å². The Morgan fingerprint density at radius 3 is 2.36 bits per heavy atom. The second-order valence-electron chi connectivity index (χ2n) is 3.54. The SMILES string of the molecule is CC(C)c1ccccc1CS(=O)(=O)Cl. The fraction of sp³-hybridized carbons (Fsp3) is 0.400. The molecule has 0 aromatic heterocycles. The average Bonchev–Trinajstić information content (AvgIpc) is 2.01. The largest absolute Gasteiger partial charge is 0.236 e. The van der Waals surface area contributed by atoms with Crippen molar-refractivity contribution in [2.45, 2.75) is 25.5 Å². The van der Waals surface area contributed by atoms with Crippen molar-refractivity contribution >= 4 is 19.7 Å². The third-order valence-corrected chi connectivity index (χ3v) is 2.99. The minimum absolute atomic E-state index is 0.0943. The van der Waals surface area contributed by atoms with E-state index in [-0.39, 0.29) is 5.75 Å². The summed E-state index contributed by atoms with van der Waals surface area (Å²) in [6.07, 6.45) is 0. The molecule has 0 unspecified atom stereocenters. The lowest BCUT2D eigenvalue weighted by Crippen LogP contribution is -2.01. The van der Waals surface area contributed by atoms with Gasteiger partial charge in [-0.3, -0.25) is 0 Å². The zero-order valence-corrected chi connectivity index (χ0v) is 9.77. The Kier molecular flexibility index (Phi) is 3.56. The number of benzene rings is 1. The van der Waals surface area contributed by atoms with Gasteiger partial charge in [0.25, 0.3) is 0 Å². The first kappa shape index (κ1) is 11.5. The van der Waals surface area contributed by atoms with E-state index in [0.29, 0.717) is 5.92 Å². The van der Waals surface area contributed by atoms with Crippen molar-refractivity contribution in [1.82, 2.24) is 0 Å². The van der Waals surface area contributed by atoms with E-state index in [1.54, 1.807) is 6.07 Å². The molecule has 0 saturated carbocycles. The molecule has 0 spiro atoms. The van der Waals surface area contributed by atoms with Crippen molar-refractivity contribution in [2.24, 2.45) is 0 Å². The Labute approximate surface area is 89.3 Å². The van der Waals surface area contributed by atoms with Crippen LogP contribution in [0.4, 0.5) is 0 Å². The summed E-state index contributed by atoms with van der Waals surface area (Å²) in [6, 6.07) is 7.46. The van der Waals surface area contributed by atoms with Crippen LogP contribution >= 0.6 is 10.7 Å². The summed E-state index contributed by atoms with van der Waals surface area (Å²) in [4.78, 5) is 0. The summed E-state index contributed by atoms with van der Waals surface area (Å²) in [6.45, 7) is 4.05. The molecule has 0 aliphatic rings. The lowest BCUT2D eigenvalue weighted by Gasteiger charge is -2.10. The van der Waals surface area contributed by atoms with Gasteiger partial charge in [0.1, 0.15) is 0 Å². The second kappa shape index (κ2) is 4.32. The van der Waals surface area contributed by atoms with E-state index >= 15 is 0 Å². The summed E-state index contributed by atoms with van der Waals surface area (Å²) in [5, 5.41) is 0. The molecule has 0 N–H and O–H groups in total. The molecule has 1 aromatic rings. The maximum absolute atomic E-state index is 10.9. The smallest absolute Gasteiger partial charge is 0.212 e. The van der Waals surface area contributed by atoms with Crippen LogP contribution in [-0.4, -0.2) is 8.42 Å². The van der Waals surface area contributed by atoms with Crippen LogP contribution in [0.15, 0.2) is 24.3 Å². The molecule has 0 aliphatic carbocycles. The van der Waals surface area contributed by atoms with E-state index in [1.165, 1.54) is 0 Å². The van der Waals surface area contributed by atoms with Gasteiger partial charge < -0.3 is 0 Å². The van der Waals surface area contributed by atoms with Crippen LogP contribution < -0.4 is 0 Å². The summed E-state index contributed by atoms with van der Waals surface area (Å²) in [5.41, 5.74) is 1.83. The van der Waals surface area contributed by atoms with Gasteiger partial charge in [-0.15, -0.1) is 0 Å². The molecule has 2 nitrogen and oxygen atoms in total. The van der Waals surface area contributed by atoms with E-state index in [9.17, 15) is 8.42 Å². The number of hydrogen-bond donors (Lipinski definition) is 0. The van der Waals surface area contributed by atoms with Crippen molar-refractivity contribution in [2.75, 3.05) is 0 Å². The van der Waals surface area contributed by atoms with Crippen LogP contribution in [0, 0.1) is 0 Å². The summed E-state index contributed by atoms with van der Waals surface area (Å²) in [7, 11) is 1.76. The number of halogens is 1. The van der Waals surface area contributed by atoms with Gasteiger partial charge in [0.15, 0.2) is 0 Å². The molecule has 14 heavy (non-hydrogen) atoms. The highest BCUT2D eigenvalue weighted by atomic mass is 35.7. The van der Waals surface area contributed by atoms with Crippen molar-refractivity contribution in [3.8, 4) is 0 Å². The van der Waals surface area contributed by atoms with Gasteiger partial charge in [0.05, 0.1) is 5.75 Å². The van der Waals surface area contributed by atoms with Crippen LogP contribution in [0.2, 0.25) is 0 Å². The van der Waals surface area contributed by atoms with E-state index in [1.807, 2.05) is 32.0 Å². The zero-order valence-electron chi connectivity index (χ0n) is 8.20. The first-order valence-electron chi connectivity index (χ1n) is 4.40. The highest BCUT2D eigenvalue weighted by Gasteiger charge is 2.12. The third-order valence-electron chi connectivity index (χ3n) is 2.01. The second-order valence-corrected chi connectivity index (χ2v) is 6.31. The first-order chi connectivity index (χ1) is 6.40. The van der Waals surface area contributed by atoms with Crippen molar-refractivity contribution < 1.29 is 8.42 Å². The normalized spacial score (nSPS) is 12.0. The topological polar surface area (TPSA) is 34.1 Å². The monoisotopic (exact) mass is 232 g/mol.